The molecular formula is C10H19NO3. The molecule has 82 valence electrons. The molecule has 0 aliphatic carbocycles. The molecule has 0 bridgehead atoms. The van der Waals surface area contributed by atoms with Crippen molar-refractivity contribution in [1.82, 2.24) is 4.90 Å². The number of carbonyl (C=O) groups excluding carboxylic acids is 2. The molecule has 0 N–H and O–H groups in total. The number of carbonyl (C=O) groups is 2. The van der Waals surface area contributed by atoms with Gasteiger partial charge in [0.15, 0.2) is 0 Å². The molecule has 0 atom stereocenters. The molecule has 0 aliphatic heterocycles. The van der Waals surface area contributed by atoms with Crippen LogP contribution in [0.15, 0.2) is 0 Å². The molecule has 0 heterocycles. The third-order valence-corrected chi connectivity index (χ3v) is 2.28. The molecule has 0 fully saturated rings. The van der Waals surface area contributed by atoms with Gasteiger partial charge >= 0.3 is 5.97 Å². The molecular weight excluding hydrogens is 182 g/mol. The highest BCUT2D eigenvalue weighted by molar-refractivity contribution is 6.01. The summed E-state index contributed by atoms with van der Waals surface area (Å²) in [5.41, 5.74) is -1.08. The average molecular weight is 201 g/mol. The molecule has 0 aromatic carbocycles. The first-order valence-electron chi connectivity index (χ1n) is 4.79. The Morgan fingerprint density at radius 2 is 1.64 bits per heavy atom. The molecule has 0 aromatic rings. The van der Waals surface area contributed by atoms with Crippen molar-refractivity contribution in [2.45, 2.75) is 27.7 Å². The van der Waals surface area contributed by atoms with E-state index in [0.29, 0.717) is 13.1 Å². The number of methoxy groups -OCH3 is 1. The van der Waals surface area contributed by atoms with Crippen LogP contribution in [0.4, 0.5) is 0 Å². The molecule has 0 radical (unpaired) electrons. The summed E-state index contributed by atoms with van der Waals surface area (Å²) in [5, 5.41) is 0. The predicted molar refractivity (Wildman–Crippen MR) is 53.7 cm³/mol. The highest BCUT2D eigenvalue weighted by Crippen LogP contribution is 2.20. The van der Waals surface area contributed by atoms with Gasteiger partial charge in [0.05, 0.1) is 7.11 Å². The Hall–Kier alpha value is -1.06. The van der Waals surface area contributed by atoms with Gasteiger partial charge < -0.3 is 9.64 Å². The van der Waals surface area contributed by atoms with E-state index in [1.54, 1.807) is 18.7 Å². The SMILES string of the molecule is CCN(CC)C(=O)C(C)(C)C(=O)OC. The van der Waals surface area contributed by atoms with E-state index in [-0.39, 0.29) is 5.91 Å². The molecule has 1 amide bonds. The van der Waals surface area contributed by atoms with Crippen LogP contribution in [0.2, 0.25) is 0 Å². The molecule has 0 aromatic heterocycles. The van der Waals surface area contributed by atoms with Crippen molar-refractivity contribution in [3.05, 3.63) is 0 Å². The van der Waals surface area contributed by atoms with E-state index < -0.39 is 11.4 Å². The minimum absolute atomic E-state index is 0.186. The van der Waals surface area contributed by atoms with Crippen molar-refractivity contribution in [2.24, 2.45) is 5.41 Å². The fourth-order valence-corrected chi connectivity index (χ4v) is 1.25. The van der Waals surface area contributed by atoms with Crippen LogP contribution >= 0.6 is 0 Å². The highest BCUT2D eigenvalue weighted by atomic mass is 16.5. The van der Waals surface area contributed by atoms with Gasteiger partial charge in [0, 0.05) is 13.1 Å². The second-order valence-electron chi connectivity index (χ2n) is 3.59. The quantitative estimate of drug-likeness (QED) is 0.504. The van der Waals surface area contributed by atoms with Crippen LogP contribution in [0.1, 0.15) is 27.7 Å². The van der Waals surface area contributed by atoms with Gasteiger partial charge in [0.2, 0.25) is 5.91 Å². The Kier molecular flexibility index (Phi) is 4.60. The van der Waals surface area contributed by atoms with E-state index in [4.69, 9.17) is 0 Å². The molecule has 4 heteroatoms. The zero-order chi connectivity index (χ0) is 11.4. The van der Waals surface area contributed by atoms with Crippen LogP contribution in [0.25, 0.3) is 0 Å². The maximum absolute atomic E-state index is 11.9. The Morgan fingerprint density at radius 3 is 1.93 bits per heavy atom. The van der Waals surface area contributed by atoms with E-state index in [1.165, 1.54) is 7.11 Å². The van der Waals surface area contributed by atoms with Crippen LogP contribution < -0.4 is 0 Å². The van der Waals surface area contributed by atoms with Crippen LogP contribution in [0.5, 0.6) is 0 Å². The summed E-state index contributed by atoms with van der Waals surface area (Å²) in [5.74, 6) is -0.677. The molecule has 0 saturated carbocycles. The molecule has 0 unspecified atom stereocenters. The first kappa shape index (κ1) is 12.9. The fraction of sp³-hybridized carbons (Fsp3) is 0.800. The Morgan fingerprint density at radius 1 is 1.21 bits per heavy atom. The Balaban J connectivity index is 4.72. The van der Waals surface area contributed by atoms with Gasteiger partial charge in [-0.3, -0.25) is 9.59 Å². The van der Waals surface area contributed by atoms with Crippen molar-refractivity contribution in [3.8, 4) is 0 Å². The number of ether oxygens (including phenoxy) is 1. The summed E-state index contributed by atoms with van der Waals surface area (Å²) in [6.07, 6.45) is 0. The molecule has 4 nitrogen and oxygen atoms in total. The molecule has 0 spiro atoms. The third kappa shape index (κ3) is 2.47. The Labute approximate surface area is 85.2 Å². The summed E-state index contributed by atoms with van der Waals surface area (Å²) in [4.78, 5) is 24.8. The van der Waals surface area contributed by atoms with Gasteiger partial charge in [-0.1, -0.05) is 0 Å². The minimum Gasteiger partial charge on any atom is -0.468 e. The lowest BCUT2D eigenvalue weighted by Crippen LogP contribution is -2.45. The van der Waals surface area contributed by atoms with Crippen LogP contribution in [-0.4, -0.2) is 37.0 Å². The van der Waals surface area contributed by atoms with Crippen molar-refractivity contribution < 1.29 is 14.3 Å². The van der Waals surface area contributed by atoms with E-state index in [0.717, 1.165) is 0 Å². The Bertz CT molecular complexity index is 219. The standard InChI is InChI=1S/C10H19NO3/c1-6-11(7-2)8(12)10(3,4)9(13)14-5/h6-7H2,1-5H3. The fourth-order valence-electron chi connectivity index (χ4n) is 1.25. The van der Waals surface area contributed by atoms with Gasteiger partial charge in [0.25, 0.3) is 0 Å². The number of hydrogen-bond acceptors (Lipinski definition) is 3. The number of esters is 1. The topological polar surface area (TPSA) is 46.6 Å². The number of amides is 1. The largest absolute Gasteiger partial charge is 0.468 e. The van der Waals surface area contributed by atoms with Crippen molar-refractivity contribution in [3.63, 3.8) is 0 Å². The van der Waals surface area contributed by atoms with E-state index in [1.807, 2.05) is 13.8 Å². The van der Waals surface area contributed by atoms with E-state index >= 15 is 0 Å². The third-order valence-electron chi connectivity index (χ3n) is 2.28. The lowest BCUT2D eigenvalue weighted by atomic mass is 9.91. The first-order chi connectivity index (χ1) is 6.41. The number of rotatable bonds is 4. The monoisotopic (exact) mass is 201 g/mol. The second-order valence-corrected chi connectivity index (χ2v) is 3.59. The summed E-state index contributed by atoms with van der Waals surface area (Å²) in [6, 6.07) is 0. The van der Waals surface area contributed by atoms with Gasteiger partial charge in [-0.05, 0) is 27.7 Å². The highest BCUT2D eigenvalue weighted by Gasteiger charge is 2.39. The van der Waals surface area contributed by atoms with Gasteiger partial charge in [0.1, 0.15) is 5.41 Å². The summed E-state index contributed by atoms with van der Waals surface area (Å²) in [7, 11) is 1.29. The lowest BCUT2D eigenvalue weighted by Gasteiger charge is -2.28. The average Bonchev–Trinajstić information content (AvgIpc) is 2.18. The summed E-state index contributed by atoms with van der Waals surface area (Å²) in [6.45, 7) is 8.15. The first-order valence-corrected chi connectivity index (χ1v) is 4.79. The second kappa shape index (κ2) is 4.98. The summed E-state index contributed by atoms with van der Waals surface area (Å²) < 4.78 is 4.59. The smallest absolute Gasteiger partial charge is 0.320 e. The van der Waals surface area contributed by atoms with Crippen molar-refractivity contribution in [1.29, 1.82) is 0 Å². The van der Waals surface area contributed by atoms with Crippen LogP contribution in [-0.2, 0) is 14.3 Å². The van der Waals surface area contributed by atoms with Crippen molar-refractivity contribution in [2.75, 3.05) is 20.2 Å². The van der Waals surface area contributed by atoms with E-state index in [9.17, 15) is 9.59 Å². The maximum Gasteiger partial charge on any atom is 0.320 e. The maximum atomic E-state index is 11.9. The van der Waals surface area contributed by atoms with E-state index in [2.05, 4.69) is 4.74 Å². The predicted octanol–water partition coefficient (Wildman–Crippen LogP) is 1.05. The van der Waals surface area contributed by atoms with Gasteiger partial charge in [-0.25, -0.2) is 0 Å². The molecule has 14 heavy (non-hydrogen) atoms. The van der Waals surface area contributed by atoms with Crippen molar-refractivity contribution >= 4 is 11.9 Å². The van der Waals surface area contributed by atoms with Gasteiger partial charge in [-0.2, -0.15) is 0 Å². The zero-order valence-electron chi connectivity index (χ0n) is 9.59. The van der Waals surface area contributed by atoms with Crippen LogP contribution in [0, 0.1) is 5.41 Å². The zero-order valence-corrected chi connectivity index (χ0v) is 9.59. The van der Waals surface area contributed by atoms with Crippen LogP contribution in [0.3, 0.4) is 0 Å². The molecule has 0 aliphatic rings. The molecule has 0 saturated heterocycles. The summed E-state index contributed by atoms with van der Waals surface area (Å²) >= 11 is 0. The number of hydrogen-bond donors (Lipinski definition) is 0. The lowest BCUT2D eigenvalue weighted by molar-refractivity contribution is -0.160. The van der Waals surface area contributed by atoms with Gasteiger partial charge in [-0.15, -0.1) is 0 Å². The minimum atomic E-state index is -1.08. The molecule has 0 rings (SSSR count). The number of nitrogens with zero attached hydrogens (tertiary/aromatic N) is 1. The normalized spacial score (nSPS) is 10.9.